The third kappa shape index (κ3) is 0.560. The smallest absolute Gasteiger partial charge is 0.260 e. The molecule has 1 aliphatic heterocycles. The van der Waals surface area contributed by atoms with Crippen molar-refractivity contribution in [2.24, 2.45) is 5.50 Å². The average molecular weight is 95.0 g/mol. The Hall–Kier alpha value is 0.270. The van der Waals surface area contributed by atoms with Crippen molar-refractivity contribution in [3.63, 3.8) is 0 Å². The number of nitrogens with two attached hydrogens (primary N) is 1. The average Bonchev–Trinajstić information content (AvgIpc) is 1.30. The third-order valence-electron chi connectivity index (χ3n) is 0.208. The molecule has 0 bridgehead atoms. The lowest BCUT2D eigenvalue weighted by molar-refractivity contribution is -0.478. The van der Waals surface area contributed by atoms with E-state index in [9.17, 15) is 0 Å². The van der Waals surface area contributed by atoms with Gasteiger partial charge in [-0.2, -0.15) is 0 Å². The highest BCUT2D eigenvalue weighted by Crippen LogP contribution is 2.38. The Morgan fingerprint density at radius 2 is 1.80 bits per heavy atom. The monoisotopic (exact) mass is 95.0 g/mol. The Balaban J connectivity index is 2.08. The van der Waals surface area contributed by atoms with Crippen molar-refractivity contribution in [1.82, 2.24) is 0 Å². The van der Waals surface area contributed by atoms with Crippen LogP contribution in [0.2, 0.25) is 0 Å². The Morgan fingerprint density at radius 3 is 1.80 bits per heavy atom. The van der Waals surface area contributed by atoms with Crippen LogP contribution in [0.25, 0.3) is 0 Å². The fraction of sp³-hybridized carbons (Fsp3) is 0. The second kappa shape index (κ2) is 1.16. The first-order chi connectivity index (χ1) is 2.39. The van der Waals surface area contributed by atoms with Gasteiger partial charge in [-0.05, 0) is 0 Å². The quantitative estimate of drug-likeness (QED) is 0.341. The fourth-order valence-corrected chi connectivity index (χ4v) is 0.197. The SMILES string of the molecule is NP1OOO1. The van der Waals surface area contributed by atoms with Crippen molar-refractivity contribution in [1.29, 1.82) is 0 Å². The molecule has 0 atom stereocenters. The van der Waals surface area contributed by atoms with Crippen molar-refractivity contribution in [3.8, 4) is 0 Å². The summed E-state index contributed by atoms with van der Waals surface area (Å²) in [4.78, 5) is 0. The van der Waals surface area contributed by atoms with Crippen LogP contribution in [0, 0.1) is 0 Å². The maximum absolute atomic E-state index is 4.87. The van der Waals surface area contributed by atoms with E-state index in [2.05, 4.69) is 14.4 Å². The maximum atomic E-state index is 4.87. The van der Waals surface area contributed by atoms with Gasteiger partial charge in [-0.3, -0.25) is 5.50 Å². The van der Waals surface area contributed by atoms with Crippen LogP contribution in [0.4, 0.5) is 0 Å². The van der Waals surface area contributed by atoms with E-state index in [1.54, 1.807) is 0 Å². The molecule has 1 rings (SSSR count). The van der Waals surface area contributed by atoms with Crippen molar-refractivity contribution in [2.45, 2.75) is 0 Å². The van der Waals surface area contributed by atoms with Crippen LogP contribution < -0.4 is 5.50 Å². The van der Waals surface area contributed by atoms with Gasteiger partial charge in [0.05, 0.1) is 0 Å². The summed E-state index contributed by atoms with van der Waals surface area (Å²) in [6, 6.07) is 0. The van der Waals surface area contributed by atoms with E-state index in [4.69, 9.17) is 5.50 Å². The molecule has 1 aliphatic rings. The van der Waals surface area contributed by atoms with Crippen LogP contribution in [0.15, 0.2) is 0 Å². The molecule has 30 valence electrons. The van der Waals surface area contributed by atoms with Gasteiger partial charge in [-0.1, -0.05) is 5.04 Å². The molecule has 0 radical (unpaired) electrons. The van der Waals surface area contributed by atoms with Gasteiger partial charge in [0.25, 0.3) is 0 Å². The summed E-state index contributed by atoms with van der Waals surface area (Å²) >= 11 is 0. The minimum absolute atomic E-state index is 1.14. The van der Waals surface area contributed by atoms with Gasteiger partial charge in [-0.15, -0.1) is 9.35 Å². The van der Waals surface area contributed by atoms with Gasteiger partial charge in [-0.25, -0.2) is 0 Å². The number of rotatable bonds is 0. The van der Waals surface area contributed by atoms with E-state index in [-0.39, 0.29) is 0 Å². The predicted octanol–water partition coefficient (Wildman–Crippen LogP) is 0.0654. The molecule has 1 saturated heterocycles. The molecule has 0 aromatic heterocycles. The summed E-state index contributed by atoms with van der Waals surface area (Å²) in [6.45, 7) is 0. The van der Waals surface area contributed by atoms with E-state index in [0.29, 0.717) is 0 Å². The van der Waals surface area contributed by atoms with Crippen molar-refractivity contribution in [3.05, 3.63) is 0 Å². The minimum Gasteiger partial charge on any atom is -0.260 e. The first-order valence-corrected chi connectivity index (χ1v) is 2.20. The molecule has 0 aromatic carbocycles. The first kappa shape index (κ1) is 3.46. The molecular formula is H2NO3P. The van der Waals surface area contributed by atoms with E-state index >= 15 is 0 Å². The fourth-order valence-electron chi connectivity index (χ4n) is 0.0656. The zero-order valence-corrected chi connectivity index (χ0v) is 3.14. The molecule has 1 fully saturated rings. The molecule has 0 saturated carbocycles. The Labute approximate surface area is 29.6 Å². The molecule has 5 heavy (non-hydrogen) atoms. The molecule has 4 nitrogen and oxygen atoms in total. The lowest BCUT2D eigenvalue weighted by Crippen LogP contribution is -2.07. The summed E-state index contributed by atoms with van der Waals surface area (Å²) in [5.41, 5.74) is 4.87. The van der Waals surface area contributed by atoms with E-state index < -0.39 is 8.53 Å². The largest absolute Gasteiger partial charge is 0.325 e. The summed E-state index contributed by atoms with van der Waals surface area (Å²) in [7, 11) is -1.14. The van der Waals surface area contributed by atoms with Gasteiger partial charge in [0.15, 0.2) is 0 Å². The van der Waals surface area contributed by atoms with E-state index in [1.807, 2.05) is 0 Å². The summed E-state index contributed by atoms with van der Waals surface area (Å²) < 4.78 is 8.10. The molecule has 1 heterocycles. The maximum Gasteiger partial charge on any atom is 0.325 e. The zero-order chi connectivity index (χ0) is 3.70. The Morgan fingerprint density at radius 1 is 1.40 bits per heavy atom. The standard InChI is InChI=1S/H2NO3P/c1-5-3-2-4-5/h1H2. The van der Waals surface area contributed by atoms with Crippen LogP contribution in [0.1, 0.15) is 0 Å². The van der Waals surface area contributed by atoms with E-state index in [0.717, 1.165) is 0 Å². The molecule has 0 aliphatic carbocycles. The predicted molar refractivity (Wildman–Crippen MR) is 14.4 cm³/mol. The summed E-state index contributed by atoms with van der Waals surface area (Å²) in [5, 5.41) is 3.74. The van der Waals surface area contributed by atoms with Gasteiger partial charge in [0.1, 0.15) is 0 Å². The second-order valence-electron chi connectivity index (χ2n) is 0.502. The van der Waals surface area contributed by atoms with Crippen LogP contribution in [-0.2, 0) is 14.4 Å². The normalized spacial score (nSPS) is 25.8. The minimum atomic E-state index is -1.14. The van der Waals surface area contributed by atoms with Crippen molar-refractivity contribution in [2.75, 3.05) is 0 Å². The van der Waals surface area contributed by atoms with Gasteiger partial charge < -0.3 is 0 Å². The van der Waals surface area contributed by atoms with Crippen LogP contribution in [0.3, 0.4) is 0 Å². The molecule has 0 aromatic rings. The lowest BCUT2D eigenvalue weighted by atomic mass is 13.9. The summed E-state index contributed by atoms with van der Waals surface area (Å²) in [5.74, 6) is 0. The number of hydrogen-bond acceptors (Lipinski definition) is 4. The zero-order valence-electron chi connectivity index (χ0n) is 2.25. The summed E-state index contributed by atoms with van der Waals surface area (Å²) in [6.07, 6.45) is 0. The van der Waals surface area contributed by atoms with E-state index in [1.165, 1.54) is 0 Å². The molecule has 5 heteroatoms. The van der Waals surface area contributed by atoms with Crippen LogP contribution in [-0.4, -0.2) is 0 Å². The van der Waals surface area contributed by atoms with Gasteiger partial charge in [0.2, 0.25) is 0 Å². The van der Waals surface area contributed by atoms with Crippen LogP contribution in [0.5, 0.6) is 0 Å². The Bertz CT molecular complexity index is 33.9. The van der Waals surface area contributed by atoms with Crippen LogP contribution >= 0.6 is 8.53 Å². The first-order valence-electron chi connectivity index (χ1n) is 0.957. The highest BCUT2D eigenvalue weighted by atomic mass is 31.2. The van der Waals surface area contributed by atoms with Gasteiger partial charge in [0, 0.05) is 0 Å². The molecule has 2 N–H and O–H groups in total. The second-order valence-corrected chi connectivity index (χ2v) is 1.37. The Kier molecular flexibility index (Phi) is 0.804. The molecular weight excluding hydrogens is 93.0 g/mol. The highest BCUT2D eigenvalue weighted by Gasteiger charge is 2.17. The third-order valence-corrected chi connectivity index (χ3v) is 0.623. The van der Waals surface area contributed by atoms with Crippen molar-refractivity contribution < 1.29 is 14.4 Å². The molecule has 0 unspecified atom stereocenters. The molecule has 0 spiro atoms. The topological polar surface area (TPSA) is 53.7 Å². The van der Waals surface area contributed by atoms with Crippen molar-refractivity contribution >= 4 is 8.53 Å². The number of hydrogen-bond donors (Lipinski definition) is 1. The van der Waals surface area contributed by atoms with Gasteiger partial charge >= 0.3 is 8.53 Å². The molecule has 0 amide bonds. The highest BCUT2D eigenvalue weighted by molar-refractivity contribution is 7.44. The lowest BCUT2D eigenvalue weighted by Gasteiger charge is -2.13.